The van der Waals surface area contributed by atoms with Crippen LogP contribution in [0.4, 0.5) is 0 Å². The highest BCUT2D eigenvalue weighted by molar-refractivity contribution is 6.04. The Bertz CT molecular complexity index is 420. The molecule has 0 saturated heterocycles. The van der Waals surface area contributed by atoms with Gasteiger partial charge in [0.1, 0.15) is 11.7 Å². The first-order chi connectivity index (χ1) is 7.51. The molecule has 16 heavy (non-hydrogen) atoms. The van der Waals surface area contributed by atoms with Crippen molar-refractivity contribution in [3.05, 3.63) is 23.5 Å². The van der Waals surface area contributed by atoms with Gasteiger partial charge in [-0.1, -0.05) is 0 Å². The van der Waals surface area contributed by atoms with Gasteiger partial charge in [-0.2, -0.15) is 0 Å². The summed E-state index contributed by atoms with van der Waals surface area (Å²) in [6, 6.07) is 0. The van der Waals surface area contributed by atoms with Crippen LogP contribution in [0.15, 0.2) is 23.5 Å². The number of esters is 1. The molecule has 2 bridgehead atoms. The fourth-order valence-electron chi connectivity index (χ4n) is 1.92. The summed E-state index contributed by atoms with van der Waals surface area (Å²) in [6.45, 7) is 1.70. The quantitative estimate of drug-likeness (QED) is 0.633. The zero-order chi connectivity index (χ0) is 11.9. The molecule has 0 radical (unpaired) electrons. The van der Waals surface area contributed by atoms with E-state index < -0.39 is 17.7 Å². The van der Waals surface area contributed by atoms with Gasteiger partial charge in [0.2, 0.25) is 5.78 Å². The van der Waals surface area contributed by atoms with Gasteiger partial charge in [-0.3, -0.25) is 4.79 Å². The fraction of sp³-hybridized carbons (Fsp3) is 0.455. The molecule has 0 spiro atoms. The van der Waals surface area contributed by atoms with Crippen molar-refractivity contribution in [1.29, 1.82) is 0 Å². The lowest BCUT2D eigenvalue weighted by molar-refractivity contribution is -0.141. The van der Waals surface area contributed by atoms with Gasteiger partial charge < -0.3 is 14.2 Å². The number of ketones is 1. The maximum Gasteiger partial charge on any atom is 0.336 e. The fourth-order valence-corrected chi connectivity index (χ4v) is 1.92. The highest BCUT2D eigenvalue weighted by atomic mass is 16.5. The van der Waals surface area contributed by atoms with Crippen LogP contribution in [-0.2, 0) is 23.8 Å². The predicted octanol–water partition coefficient (Wildman–Crippen LogP) is 0.356. The summed E-state index contributed by atoms with van der Waals surface area (Å²) in [7, 11) is 2.70. The molecule has 2 aliphatic heterocycles. The standard InChI is InChI=1S/C11H12O5/c1-11-5-8(14-2)9(12)7(16-11)4-6(11)10(13)15-3/h4-5,7H,1-3H3. The number of carbonyl (C=O) groups excluding carboxylic acids is 2. The van der Waals surface area contributed by atoms with Crippen molar-refractivity contribution < 1.29 is 23.8 Å². The third-order valence-corrected chi connectivity index (χ3v) is 2.76. The smallest absolute Gasteiger partial charge is 0.336 e. The Morgan fingerprint density at radius 3 is 2.75 bits per heavy atom. The van der Waals surface area contributed by atoms with Crippen LogP contribution < -0.4 is 0 Å². The normalized spacial score (nSPS) is 31.9. The average molecular weight is 224 g/mol. The van der Waals surface area contributed by atoms with Gasteiger partial charge >= 0.3 is 5.97 Å². The number of ether oxygens (including phenoxy) is 3. The zero-order valence-electron chi connectivity index (χ0n) is 9.27. The number of rotatable bonds is 2. The van der Waals surface area contributed by atoms with E-state index in [-0.39, 0.29) is 11.5 Å². The Labute approximate surface area is 92.7 Å². The second-order valence-electron chi connectivity index (χ2n) is 3.79. The zero-order valence-corrected chi connectivity index (χ0v) is 9.27. The van der Waals surface area contributed by atoms with Crippen molar-refractivity contribution in [3.8, 4) is 0 Å². The molecule has 0 N–H and O–H groups in total. The molecule has 5 heteroatoms. The minimum Gasteiger partial charge on any atom is -0.493 e. The first-order valence-electron chi connectivity index (χ1n) is 4.81. The van der Waals surface area contributed by atoms with E-state index in [4.69, 9.17) is 9.47 Å². The molecule has 0 aromatic carbocycles. The Hall–Kier alpha value is -1.62. The third-order valence-electron chi connectivity index (χ3n) is 2.76. The number of methoxy groups -OCH3 is 2. The summed E-state index contributed by atoms with van der Waals surface area (Å²) in [5.41, 5.74) is -0.600. The average Bonchev–Trinajstić information content (AvgIpc) is 2.57. The van der Waals surface area contributed by atoms with E-state index in [0.29, 0.717) is 5.57 Å². The number of fused-ring (bicyclic) bond motifs is 2. The van der Waals surface area contributed by atoms with E-state index in [1.807, 2.05) is 0 Å². The van der Waals surface area contributed by atoms with Gasteiger partial charge in [0.25, 0.3) is 0 Å². The maximum absolute atomic E-state index is 11.7. The van der Waals surface area contributed by atoms with Crippen LogP contribution in [0, 0.1) is 0 Å². The van der Waals surface area contributed by atoms with Crippen molar-refractivity contribution in [2.24, 2.45) is 0 Å². The molecule has 2 heterocycles. The molecule has 2 rings (SSSR count). The molecular formula is C11H12O5. The Morgan fingerprint density at radius 2 is 2.19 bits per heavy atom. The Kier molecular flexibility index (Phi) is 2.35. The van der Waals surface area contributed by atoms with Gasteiger partial charge in [-0.15, -0.1) is 0 Å². The topological polar surface area (TPSA) is 61.8 Å². The number of hydrogen-bond donors (Lipinski definition) is 0. The van der Waals surface area contributed by atoms with Crippen molar-refractivity contribution in [2.75, 3.05) is 14.2 Å². The highest BCUT2D eigenvalue weighted by Gasteiger charge is 2.48. The van der Waals surface area contributed by atoms with E-state index in [2.05, 4.69) is 4.74 Å². The second kappa shape index (κ2) is 3.45. The van der Waals surface area contributed by atoms with Crippen LogP contribution in [0.1, 0.15) is 6.92 Å². The number of Topliss-reactive ketones (excluding diaryl/α,β-unsaturated/α-hetero) is 1. The van der Waals surface area contributed by atoms with E-state index >= 15 is 0 Å². The first-order valence-corrected chi connectivity index (χ1v) is 4.81. The first kappa shape index (κ1) is 10.9. The molecule has 0 saturated carbocycles. The summed E-state index contributed by atoms with van der Waals surface area (Å²) in [5.74, 6) is -0.556. The number of hydrogen-bond acceptors (Lipinski definition) is 5. The molecule has 0 aliphatic carbocycles. The Balaban J connectivity index is 2.45. The summed E-state index contributed by atoms with van der Waals surface area (Å²) < 4.78 is 15.1. The van der Waals surface area contributed by atoms with Crippen molar-refractivity contribution >= 4 is 11.8 Å². The monoisotopic (exact) mass is 224 g/mol. The van der Waals surface area contributed by atoms with E-state index in [1.54, 1.807) is 6.92 Å². The lowest BCUT2D eigenvalue weighted by atomic mass is 9.96. The van der Waals surface area contributed by atoms with Crippen molar-refractivity contribution in [3.63, 3.8) is 0 Å². The molecule has 2 unspecified atom stereocenters. The molecule has 86 valence electrons. The minimum atomic E-state index is -0.934. The van der Waals surface area contributed by atoms with Gasteiger partial charge in [0, 0.05) is 0 Å². The van der Waals surface area contributed by atoms with Crippen LogP contribution in [0.3, 0.4) is 0 Å². The molecule has 2 atom stereocenters. The van der Waals surface area contributed by atoms with Crippen LogP contribution in [0.2, 0.25) is 0 Å². The lowest BCUT2D eigenvalue weighted by Gasteiger charge is -2.28. The summed E-state index contributed by atoms with van der Waals surface area (Å²) in [6.07, 6.45) is 2.23. The summed E-state index contributed by atoms with van der Waals surface area (Å²) in [4.78, 5) is 23.2. The maximum atomic E-state index is 11.7. The molecule has 0 fully saturated rings. The van der Waals surface area contributed by atoms with Gasteiger partial charge in [-0.05, 0) is 19.1 Å². The van der Waals surface area contributed by atoms with Crippen LogP contribution >= 0.6 is 0 Å². The SMILES string of the molecule is COC(=O)C1=CC2OC1(C)C=C(OC)C2=O. The second-order valence-corrected chi connectivity index (χ2v) is 3.79. The highest BCUT2D eigenvalue weighted by Crippen LogP contribution is 2.38. The van der Waals surface area contributed by atoms with E-state index in [1.165, 1.54) is 26.4 Å². The molecule has 2 aliphatic rings. The van der Waals surface area contributed by atoms with Crippen LogP contribution in [0.25, 0.3) is 0 Å². The molecule has 0 aromatic heterocycles. The number of carbonyl (C=O) groups is 2. The predicted molar refractivity (Wildman–Crippen MR) is 53.5 cm³/mol. The minimum absolute atomic E-state index is 0.217. The molecule has 5 nitrogen and oxygen atoms in total. The summed E-state index contributed by atoms with van der Waals surface area (Å²) in [5, 5.41) is 0. The van der Waals surface area contributed by atoms with Gasteiger partial charge in [-0.25, -0.2) is 4.79 Å². The van der Waals surface area contributed by atoms with Crippen LogP contribution in [0.5, 0.6) is 0 Å². The van der Waals surface area contributed by atoms with E-state index in [0.717, 1.165) is 0 Å². The lowest BCUT2D eigenvalue weighted by Crippen LogP contribution is -2.38. The largest absolute Gasteiger partial charge is 0.493 e. The third kappa shape index (κ3) is 1.36. The molecule has 0 aromatic rings. The van der Waals surface area contributed by atoms with Crippen LogP contribution in [-0.4, -0.2) is 37.7 Å². The molecule has 0 amide bonds. The Morgan fingerprint density at radius 1 is 1.50 bits per heavy atom. The van der Waals surface area contributed by atoms with Gasteiger partial charge in [0.05, 0.1) is 19.8 Å². The molecular weight excluding hydrogens is 212 g/mol. The van der Waals surface area contributed by atoms with Gasteiger partial charge in [0.15, 0.2) is 5.76 Å². The van der Waals surface area contributed by atoms with Crippen molar-refractivity contribution in [1.82, 2.24) is 0 Å². The van der Waals surface area contributed by atoms with E-state index in [9.17, 15) is 9.59 Å². The van der Waals surface area contributed by atoms with Crippen molar-refractivity contribution in [2.45, 2.75) is 18.6 Å². The summed E-state index contributed by atoms with van der Waals surface area (Å²) >= 11 is 0.